The quantitative estimate of drug-likeness (QED) is 0.610. The van der Waals surface area contributed by atoms with Crippen molar-refractivity contribution in [1.29, 1.82) is 0 Å². The average molecular weight is 428 g/mol. The largest absolute Gasteiger partial charge is 0.490 e. The van der Waals surface area contributed by atoms with Crippen LogP contribution in [0.15, 0.2) is 48.8 Å². The van der Waals surface area contributed by atoms with Crippen molar-refractivity contribution in [3.05, 3.63) is 60.2 Å². The SMILES string of the molecule is CS(=O)(=O)Cc1cccc(Nc2ncnc(-c3ccc(F)cc3OC3CCC3)n2)c1. The molecule has 0 amide bonds. The summed E-state index contributed by atoms with van der Waals surface area (Å²) in [5.41, 5.74) is 1.89. The zero-order valence-electron chi connectivity index (χ0n) is 16.4. The predicted molar refractivity (Wildman–Crippen MR) is 112 cm³/mol. The molecule has 156 valence electrons. The van der Waals surface area contributed by atoms with Crippen LogP contribution in [-0.2, 0) is 15.6 Å². The van der Waals surface area contributed by atoms with E-state index in [1.54, 1.807) is 30.3 Å². The van der Waals surface area contributed by atoms with E-state index in [2.05, 4.69) is 20.3 Å². The van der Waals surface area contributed by atoms with E-state index in [4.69, 9.17) is 4.74 Å². The molecule has 0 spiro atoms. The van der Waals surface area contributed by atoms with Crippen LogP contribution in [0.1, 0.15) is 24.8 Å². The minimum Gasteiger partial charge on any atom is -0.490 e. The number of hydrogen-bond donors (Lipinski definition) is 1. The van der Waals surface area contributed by atoms with Gasteiger partial charge in [-0.25, -0.2) is 22.8 Å². The van der Waals surface area contributed by atoms with E-state index in [0.29, 0.717) is 28.4 Å². The summed E-state index contributed by atoms with van der Waals surface area (Å²) in [6.45, 7) is 0. The van der Waals surface area contributed by atoms with E-state index in [0.717, 1.165) is 19.3 Å². The second-order valence-corrected chi connectivity index (χ2v) is 9.48. The Morgan fingerprint density at radius 1 is 1.17 bits per heavy atom. The van der Waals surface area contributed by atoms with E-state index in [-0.39, 0.29) is 23.6 Å². The fourth-order valence-corrected chi connectivity index (χ4v) is 3.89. The number of nitrogens with one attached hydrogen (secondary N) is 1. The van der Waals surface area contributed by atoms with Gasteiger partial charge in [0.25, 0.3) is 0 Å². The van der Waals surface area contributed by atoms with Crippen LogP contribution in [-0.4, -0.2) is 35.7 Å². The van der Waals surface area contributed by atoms with Crippen molar-refractivity contribution < 1.29 is 17.5 Å². The number of benzene rings is 2. The number of nitrogens with zero attached hydrogens (tertiary/aromatic N) is 3. The van der Waals surface area contributed by atoms with Gasteiger partial charge in [-0.15, -0.1) is 0 Å². The van der Waals surface area contributed by atoms with Crippen molar-refractivity contribution in [2.45, 2.75) is 31.1 Å². The van der Waals surface area contributed by atoms with Gasteiger partial charge in [0.1, 0.15) is 17.9 Å². The molecule has 0 radical (unpaired) electrons. The monoisotopic (exact) mass is 428 g/mol. The first kappa shape index (κ1) is 20.2. The van der Waals surface area contributed by atoms with E-state index in [9.17, 15) is 12.8 Å². The molecule has 7 nitrogen and oxygen atoms in total. The minimum absolute atomic E-state index is 0.0532. The highest BCUT2D eigenvalue weighted by Gasteiger charge is 2.22. The van der Waals surface area contributed by atoms with Gasteiger partial charge in [-0.1, -0.05) is 12.1 Å². The van der Waals surface area contributed by atoms with Gasteiger partial charge in [0.15, 0.2) is 15.7 Å². The lowest BCUT2D eigenvalue weighted by molar-refractivity contribution is 0.120. The predicted octanol–water partition coefficient (Wildman–Crippen LogP) is 3.90. The molecule has 1 aliphatic carbocycles. The van der Waals surface area contributed by atoms with Crippen LogP contribution in [0.4, 0.5) is 16.0 Å². The van der Waals surface area contributed by atoms with Crippen molar-refractivity contribution in [3.63, 3.8) is 0 Å². The van der Waals surface area contributed by atoms with Crippen molar-refractivity contribution in [2.24, 2.45) is 0 Å². The second-order valence-electron chi connectivity index (χ2n) is 7.34. The maximum atomic E-state index is 13.8. The number of ether oxygens (including phenoxy) is 1. The fraction of sp³-hybridized carbons (Fsp3) is 0.286. The number of sulfone groups is 1. The highest BCUT2D eigenvalue weighted by molar-refractivity contribution is 7.89. The topological polar surface area (TPSA) is 94.1 Å². The summed E-state index contributed by atoms with van der Waals surface area (Å²) >= 11 is 0. The number of halogens is 1. The van der Waals surface area contributed by atoms with Gasteiger partial charge in [0.05, 0.1) is 17.4 Å². The lowest BCUT2D eigenvalue weighted by Crippen LogP contribution is -2.24. The minimum atomic E-state index is -3.14. The van der Waals surface area contributed by atoms with Crippen LogP contribution in [0.5, 0.6) is 5.75 Å². The third-order valence-corrected chi connectivity index (χ3v) is 5.57. The van der Waals surface area contributed by atoms with Gasteiger partial charge in [-0.3, -0.25) is 0 Å². The molecular weight excluding hydrogens is 407 g/mol. The molecule has 0 unspecified atom stereocenters. The zero-order chi connectivity index (χ0) is 21.1. The highest BCUT2D eigenvalue weighted by Crippen LogP contribution is 2.33. The Morgan fingerprint density at radius 3 is 2.73 bits per heavy atom. The molecule has 2 aromatic carbocycles. The zero-order valence-corrected chi connectivity index (χ0v) is 17.2. The molecular formula is C21H21FN4O3S. The van der Waals surface area contributed by atoms with Gasteiger partial charge in [-0.05, 0) is 49.1 Å². The molecule has 0 atom stereocenters. The van der Waals surface area contributed by atoms with Crippen molar-refractivity contribution in [3.8, 4) is 17.1 Å². The molecule has 0 saturated heterocycles. The third-order valence-electron chi connectivity index (χ3n) is 4.71. The normalized spacial score (nSPS) is 14.2. The fourth-order valence-electron chi connectivity index (χ4n) is 3.10. The second kappa shape index (κ2) is 8.35. The van der Waals surface area contributed by atoms with E-state index in [1.165, 1.54) is 24.7 Å². The van der Waals surface area contributed by atoms with E-state index in [1.807, 2.05) is 0 Å². The number of hydrogen-bond acceptors (Lipinski definition) is 7. The molecule has 4 rings (SSSR count). The molecule has 9 heteroatoms. The van der Waals surface area contributed by atoms with E-state index >= 15 is 0 Å². The summed E-state index contributed by atoms with van der Waals surface area (Å²) in [6.07, 6.45) is 5.64. The molecule has 1 fully saturated rings. The Hall–Kier alpha value is -3.07. The van der Waals surface area contributed by atoms with Crippen LogP contribution in [0.3, 0.4) is 0 Å². The van der Waals surface area contributed by atoms with Crippen LogP contribution in [0.2, 0.25) is 0 Å². The molecule has 1 aromatic heterocycles. The van der Waals surface area contributed by atoms with Crippen molar-refractivity contribution in [2.75, 3.05) is 11.6 Å². The summed E-state index contributed by atoms with van der Waals surface area (Å²) in [5.74, 6) is 0.613. The summed E-state index contributed by atoms with van der Waals surface area (Å²) in [7, 11) is -3.14. The van der Waals surface area contributed by atoms with Gasteiger partial charge in [-0.2, -0.15) is 4.98 Å². The van der Waals surface area contributed by atoms with E-state index < -0.39 is 9.84 Å². The van der Waals surface area contributed by atoms with Gasteiger partial charge in [0, 0.05) is 18.0 Å². The molecule has 30 heavy (non-hydrogen) atoms. The third kappa shape index (κ3) is 5.10. The Kier molecular flexibility index (Phi) is 5.63. The Bertz CT molecular complexity index is 1170. The first-order valence-electron chi connectivity index (χ1n) is 9.55. The molecule has 0 bridgehead atoms. The van der Waals surface area contributed by atoms with Crippen LogP contribution < -0.4 is 10.1 Å². The molecule has 1 aliphatic rings. The number of anilines is 2. The summed E-state index contributed by atoms with van der Waals surface area (Å²) in [6, 6.07) is 11.3. The molecule has 3 aromatic rings. The molecule has 1 saturated carbocycles. The van der Waals surface area contributed by atoms with Crippen molar-refractivity contribution in [1.82, 2.24) is 15.0 Å². The standard InChI is InChI=1S/C21H21FN4O3S/c1-30(27,28)12-14-4-2-5-16(10-14)25-21-24-13-23-20(26-21)18-9-8-15(22)11-19(18)29-17-6-3-7-17/h2,4-5,8-11,13,17H,3,6-7,12H2,1H3,(H,23,24,25,26). The molecule has 1 heterocycles. The number of aromatic nitrogens is 3. The summed E-state index contributed by atoms with van der Waals surface area (Å²) < 4.78 is 42.8. The first-order valence-corrected chi connectivity index (χ1v) is 11.6. The lowest BCUT2D eigenvalue weighted by Gasteiger charge is -2.27. The maximum Gasteiger partial charge on any atom is 0.230 e. The number of rotatable bonds is 7. The Labute approximate surface area is 174 Å². The first-order chi connectivity index (χ1) is 14.4. The van der Waals surface area contributed by atoms with Crippen LogP contribution in [0.25, 0.3) is 11.4 Å². The average Bonchev–Trinajstić information content (AvgIpc) is 2.64. The highest BCUT2D eigenvalue weighted by atomic mass is 32.2. The van der Waals surface area contributed by atoms with Crippen LogP contribution >= 0.6 is 0 Å². The smallest absolute Gasteiger partial charge is 0.230 e. The molecule has 0 aliphatic heterocycles. The Morgan fingerprint density at radius 2 is 2.00 bits per heavy atom. The summed E-state index contributed by atoms with van der Waals surface area (Å²) in [5, 5.41) is 3.06. The van der Waals surface area contributed by atoms with Crippen LogP contribution in [0, 0.1) is 5.82 Å². The lowest BCUT2D eigenvalue weighted by atomic mass is 9.96. The summed E-state index contributed by atoms with van der Waals surface area (Å²) in [4.78, 5) is 12.8. The van der Waals surface area contributed by atoms with Gasteiger partial charge < -0.3 is 10.1 Å². The van der Waals surface area contributed by atoms with Gasteiger partial charge >= 0.3 is 0 Å². The Balaban J connectivity index is 1.59. The van der Waals surface area contributed by atoms with Crippen molar-refractivity contribution >= 4 is 21.5 Å². The van der Waals surface area contributed by atoms with Gasteiger partial charge in [0.2, 0.25) is 5.95 Å². The molecule has 1 N–H and O–H groups in total. The maximum absolute atomic E-state index is 13.8.